The third-order valence-corrected chi connectivity index (χ3v) is 7.19. The summed E-state index contributed by atoms with van der Waals surface area (Å²) in [4.78, 5) is 37.9. The topological polar surface area (TPSA) is 123 Å². The molecule has 182 valence electrons. The number of carbonyl (C=O) groups excluding carboxylic acids is 2. The van der Waals surface area contributed by atoms with Gasteiger partial charge in [0.15, 0.2) is 17.4 Å². The Morgan fingerprint density at radius 3 is 2.40 bits per heavy atom. The van der Waals surface area contributed by atoms with Gasteiger partial charge in [-0.3, -0.25) is 9.59 Å². The number of aromatic nitrogens is 3. The molecule has 35 heavy (non-hydrogen) atoms. The molecule has 1 saturated carbocycles. The number of nitrogens with zero attached hydrogens (tertiary/aromatic N) is 3. The molecule has 9 nitrogen and oxygen atoms in total. The number of hydrogen-bond donors (Lipinski definition) is 2. The fourth-order valence-electron chi connectivity index (χ4n) is 3.53. The molecule has 0 spiro atoms. The van der Waals surface area contributed by atoms with Crippen molar-refractivity contribution in [2.24, 2.45) is 5.92 Å². The monoisotopic (exact) mass is 493 g/mol. The molecule has 0 bridgehead atoms. The molecule has 1 aromatic carbocycles. The number of para-hydroxylation sites is 1. The van der Waals surface area contributed by atoms with Crippen molar-refractivity contribution < 1.29 is 18.9 Å². The van der Waals surface area contributed by atoms with Gasteiger partial charge >= 0.3 is 0 Å². The first-order chi connectivity index (χ1) is 16.7. The van der Waals surface area contributed by atoms with Crippen LogP contribution in [0.25, 0.3) is 11.4 Å². The third-order valence-electron chi connectivity index (χ3n) is 5.71. The van der Waals surface area contributed by atoms with E-state index in [1.165, 1.54) is 13.3 Å². The Labute approximate surface area is 204 Å². The number of Topliss-reactive ketones (excluding diaryl/α,β-unsaturated/α-hetero) is 1. The fourth-order valence-corrected chi connectivity index (χ4v) is 4.20. The summed E-state index contributed by atoms with van der Waals surface area (Å²) in [7, 11) is -0.937. The Morgan fingerprint density at radius 2 is 1.80 bits per heavy atom. The highest BCUT2D eigenvalue weighted by molar-refractivity contribution is 7.70. The lowest BCUT2D eigenvalue weighted by Crippen LogP contribution is -2.15. The maximum Gasteiger partial charge on any atom is 0.228 e. The highest BCUT2D eigenvalue weighted by atomic mass is 31.2. The van der Waals surface area contributed by atoms with Gasteiger partial charge in [0.1, 0.15) is 13.0 Å². The van der Waals surface area contributed by atoms with Crippen LogP contribution in [0.4, 0.5) is 17.2 Å². The molecule has 0 saturated heterocycles. The molecule has 1 aliphatic rings. The summed E-state index contributed by atoms with van der Waals surface area (Å²) in [6.07, 6.45) is 6.68. The maximum absolute atomic E-state index is 12.6. The number of methoxy groups -OCH3 is 1. The lowest BCUT2D eigenvalue weighted by Gasteiger charge is -2.17. The molecule has 3 aromatic rings. The number of amides is 1. The van der Waals surface area contributed by atoms with Gasteiger partial charge in [-0.25, -0.2) is 15.0 Å². The van der Waals surface area contributed by atoms with Crippen LogP contribution in [0.1, 0.15) is 36.5 Å². The largest absolute Gasteiger partial charge is 0.494 e. The lowest BCUT2D eigenvalue weighted by molar-refractivity contribution is -0.117. The maximum atomic E-state index is 12.6. The van der Waals surface area contributed by atoms with Crippen LogP contribution in [-0.4, -0.2) is 47.1 Å². The molecule has 2 N–H and O–H groups in total. The summed E-state index contributed by atoms with van der Waals surface area (Å²) in [6, 6.07) is 7.11. The van der Waals surface area contributed by atoms with Crippen LogP contribution >= 0.6 is 7.14 Å². The Kier molecular flexibility index (Phi) is 6.98. The first-order valence-electron chi connectivity index (χ1n) is 11.4. The predicted octanol–water partition coefficient (Wildman–Crippen LogP) is 4.48. The highest BCUT2D eigenvalue weighted by Crippen LogP contribution is 2.38. The zero-order valence-corrected chi connectivity index (χ0v) is 21.1. The van der Waals surface area contributed by atoms with Crippen molar-refractivity contribution in [2.45, 2.75) is 26.2 Å². The van der Waals surface area contributed by atoms with E-state index in [0.29, 0.717) is 51.6 Å². The van der Waals surface area contributed by atoms with E-state index in [0.717, 1.165) is 12.8 Å². The molecule has 0 aliphatic heterocycles. The molecule has 1 fully saturated rings. The molecule has 4 rings (SSSR count). The number of nitrogens with one attached hydrogen (secondary N) is 2. The number of anilines is 3. The van der Waals surface area contributed by atoms with E-state index in [1.54, 1.807) is 38.7 Å². The molecular weight excluding hydrogens is 465 g/mol. The molecule has 1 aliphatic carbocycles. The van der Waals surface area contributed by atoms with Crippen molar-refractivity contribution in [3.05, 3.63) is 48.4 Å². The summed E-state index contributed by atoms with van der Waals surface area (Å²) in [5.41, 5.74) is 2.13. The van der Waals surface area contributed by atoms with Crippen LogP contribution in [0.3, 0.4) is 0 Å². The number of ketones is 1. The summed E-state index contributed by atoms with van der Waals surface area (Å²) in [5, 5.41) is 6.69. The van der Waals surface area contributed by atoms with Gasteiger partial charge in [0.2, 0.25) is 5.91 Å². The van der Waals surface area contributed by atoms with Crippen molar-refractivity contribution in [2.75, 3.05) is 31.1 Å². The first-order valence-corrected chi connectivity index (χ1v) is 14.0. The van der Waals surface area contributed by atoms with Crippen LogP contribution in [0.2, 0.25) is 0 Å². The number of benzene rings is 1. The van der Waals surface area contributed by atoms with Gasteiger partial charge < -0.3 is 19.9 Å². The zero-order valence-electron chi connectivity index (χ0n) is 20.2. The first kappa shape index (κ1) is 24.5. The molecule has 10 heteroatoms. The third kappa shape index (κ3) is 5.57. The quantitative estimate of drug-likeness (QED) is 0.330. The number of carbonyl (C=O) groups is 2. The van der Waals surface area contributed by atoms with E-state index in [-0.39, 0.29) is 17.6 Å². The average Bonchev–Trinajstić information content (AvgIpc) is 3.69. The van der Waals surface area contributed by atoms with Crippen LogP contribution in [-0.2, 0) is 9.36 Å². The predicted molar refractivity (Wildman–Crippen MR) is 137 cm³/mol. The molecule has 0 radical (unpaired) electrons. The summed E-state index contributed by atoms with van der Waals surface area (Å²) in [6.45, 7) is 5.12. The Balaban J connectivity index is 1.70. The van der Waals surface area contributed by atoms with Crippen LogP contribution in [0, 0.1) is 5.92 Å². The van der Waals surface area contributed by atoms with Crippen LogP contribution in [0.5, 0.6) is 5.75 Å². The van der Waals surface area contributed by atoms with E-state index in [1.807, 2.05) is 18.2 Å². The van der Waals surface area contributed by atoms with E-state index < -0.39 is 7.14 Å². The average molecular weight is 494 g/mol. The Bertz CT molecular complexity index is 1320. The molecule has 2 heterocycles. The van der Waals surface area contributed by atoms with Crippen molar-refractivity contribution in [1.82, 2.24) is 15.0 Å². The van der Waals surface area contributed by atoms with Gasteiger partial charge in [0, 0.05) is 42.3 Å². The SMILES string of the molecule is CCC(=O)c1cnc(NC(=O)C2CC2)cc1Nc1cccc(-c2ncc(P(C)(C)=O)cn2)c1OC. The van der Waals surface area contributed by atoms with Crippen molar-refractivity contribution >= 4 is 41.3 Å². The number of ether oxygens (including phenoxy) is 1. The van der Waals surface area contributed by atoms with Gasteiger partial charge in [0.25, 0.3) is 0 Å². The van der Waals surface area contributed by atoms with Gasteiger partial charge in [-0.1, -0.05) is 13.0 Å². The van der Waals surface area contributed by atoms with Crippen molar-refractivity contribution in [1.29, 1.82) is 0 Å². The minimum absolute atomic E-state index is 0.0302. The number of hydrogen-bond acceptors (Lipinski definition) is 8. The molecule has 1 amide bonds. The second-order valence-corrected chi connectivity index (χ2v) is 12.0. The zero-order chi connectivity index (χ0) is 25.2. The van der Waals surface area contributed by atoms with Crippen LogP contribution in [0.15, 0.2) is 42.9 Å². The lowest BCUT2D eigenvalue weighted by atomic mass is 10.1. The standard InChI is InChI=1S/C25H28N5O4P/c1-5-21(31)18-14-26-22(30-25(32)15-9-10-15)11-20(18)29-19-8-6-7-17(23(19)34-2)24-27-12-16(13-28-24)35(3,4)33/h6-8,11-15H,5,9-10H2,1-4H3,(H2,26,29,30,32). The fraction of sp³-hybridized carbons (Fsp3) is 0.320. The molecule has 0 unspecified atom stereocenters. The molecular formula is C25H28N5O4P. The second kappa shape index (κ2) is 9.96. The Hall–Kier alpha value is -3.58. The normalized spacial score (nSPS) is 13.3. The summed E-state index contributed by atoms with van der Waals surface area (Å²) in [5.74, 6) is 1.14. The van der Waals surface area contributed by atoms with Gasteiger partial charge in [-0.2, -0.15) is 0 Å². The van der Waals surface area contributed by atoms with Gasteiger partial charge in [-0.15, -0.1) is 0 Å². The van der Waals surface area contributed by atoms with E-state index in [4.69, 9.17) is 4.74 Å². The summed E-state index contributed by atoms with van der Waals surface area (Å²) >= 11 is 0. The number of rotatable bonds is 9. The van der Waals surface area contributed by atoms with E-state index in [2.05, 4.69) is 25.6 Å². The van der Waals surface area contributed by atoms with Gasteiger partial charge in [0.05, 0.1) is 29.6 Å². The Morgan fingerprint density at radius 1 is 1.09 bits per heavy atom. The van der Waals surface area contributed by atoms with Gasteiger partial charge in [-0.05, 0) is 38.3 Å². The highest BCUT2D eigenvalue weighted by Gasteiger charge is 2.30. The summed E-state index contributed by atoms with van der Waals surface area (Å²) < 4.78 is 18.0. The molecule has 0 atom stereocenters. The van der Waals surface area contributed by atoms with E-state index in [9.17, 15) is 14.2 Å². The minimum atomic E-state index is -2.48. The minimum Gasteiger partial charge on any atom is -0.494 e. The van der Waals surface area contributed by atoms with E-state index >= 15 is 0 Å². The molecule has 2 aromatic heterocycles. The number of pyridine rings is 1. The smallest absolute Gasteiger partial charge is 0.228 e. The van der Waals surface area contributed by atoms with Crippen molar-refractivity contribution in [3.63, 3.8) is 0 Å². The van der Waals surface area contributed by atoms with Crippen LogP contribution < -0.4 is 20.7 Å². The second-order valence-electron chi connectivity index (χ2n) is 8.78. The van der Waals surface area contributed by atoms with Crippen molar-refractivity contribution in [3.8, 4) is 17.1 Å².